The summed E-state index contributed by atoms with van der Waals surface area (Å²) in [6.45, 7) is 13.6. The minimum Gasteiger partial charge on any atom is -0.508 e. The maximum absolute atomic E-state index is 14.6. The number of fused-ring (bicyclic) bond motifs is 1. The number of carboxylic acid groups (broad SMARTS) is 2. The number of carbonyl (C=O) groups excluding carboxylic acids is 20. The summed E-state index contributed by atoms with van der Waals surface area (Å²) >= 11 is 0. The zero-order chi connectivity index (χ0) is 108. The Morgan fingerprint density at radius 3 is 1.37 bits per heavy atom. The number of nitrogens with two attached hydrogens (primary N) is 3. The molecule has 0 bridgehead atoms. The van der Waals surface area contributed by atoms with Crippen LogP contribution in [0.1, 0.15) is 156 Å². The fraction of sp³-hybridized carbons (Fsp3) is 0.543. The van der Waals surface area contributed by atoms with Crippen LogP contribution in [-0.2, 0) is 131 Å². The number of hydrogen-bond donors (Lipinski definition) is 28. The van der Waals surface area contributed by atoms with Crippen molar-refractivity contribution in [2.24, 2.45) is 40.9 Å². The van der Waals surface area contributed by atoms with Crippen molar-refractivity contribution in [3.8, 4) is 5.75 Å². The molecule has 1 saturated heterocycles. The second-order valence-electron chi connectivity index (χ2n) is 36.5. The number of nitrogens with zero attached hydrogens (tertiary/aromatic N) is 3. The quantitative estimate of drug-likeness (QED) is 0.0172. The third kappa shape index (κ3) is 38.7. The van der Waals surface area contributed by atoms with Crippen LogP contribution in [0.25, 0.3) is 10.9 Å². The lowest BCUT2D eigenvalue weighted by atomic mass is 9.97. The fourth-order valence-corrected chi connectivity index (χ4v) is 15.3. The van der Waals surface area contributed by atoms with Gasteiger partial charge in [0.1, 0.15) is 102 Å². The Balaban J connectivity index is 1.06. The number of carboxylic acids is 2. The van der Waals surface area contributed by atoms with Crippen molar-refractivity contribution < 1.29 is 131 Å². The van der Waals surface area contributed by atoms with Gasteiger partial charge in [-0.15, -0.1) is 0 Å². The van der Waals surface area contributed by atoms with Gasteiger partial charge >= 0.3 is 11.9 Å². The molecule has 1 aliphatic heterocycles. The van der Waals surface area contributed by atoms with Crippen LogP contribution in [0.4, 0.5) is 0 Å². The molecule has 794 valence electrons. The van der Waals surface area contributed by atoms with Crippen molar-refractivity contribution in [2.45, 2.75) is 262 Å². The lowest BCUT2D eigenvalue weighted by molar-refractivity contribution is -0.143. The Hall–Kier alpha value is -15.6. The number of imidazole rings is 2. The molecule has 20 amide bonds. The number of aliphatic carboxylic acids is 2. The second kappa shape index (κ2) is 57.5. The van der Waals surface area contributed by atoms with E-state index in [1.165, 1.54) is 70.1 Å². The summed E-state index contributed by atoms with van der Waals surface area (Å²) < 4.78 is 0. The summed E-state index contributed by atoms with van der Waals surface area (Å²) in [6, 6.07) is -13.3. The lowest BCUT2D eigenvalue weighted by Crippen LogP contribution is -2.62. The maximum Gasteiger partial charge on any atom is 0.326 e. The van der Waals surface area contributed by atoms with Gasteiger partial charge in [0.15, 0.2) is 0 Å². The summed E-state index contributed by atoms with van der Waals surface area (Å²) in [5.74, 6) is -25.8. The zero-order valence-corrected chi connectivity index (χ0v) is 82.1. The maximum atomic E-state index is 14.6. The molecule has 53 nitrogen and oxygen atoms in total. The van der Waals surface area contributed by atoms with Crippen LogP contribution in [0.3, 0.4) is 0 Å². The molecular weight excluding hydrogens is 1900 g/mol. The molecule has 2 aromatic carbocycles. The average molecular weight is 2040 g/mol. The van der Waals surface area contributed by atoms with Crippen LogP contribution in [-0.4, -0.2) is 321 Å². The Kier molecular flexibility index (Phi) is 46.8. The standard InChI is InChI=1S/C92H134N26O27/c1-12-46(8)75(90(142)113-65(33-74(127)128)86(138)110-63(31-69(94)122)84(136)114-66(92(144)145)30-53-37-97-42-102-53)116-78(130)48(10)104-80(132)62(29-52-36-96-41-101-52)111-89(141)68-18-15-23-118(68)73(126)39-100-79(131)57(24-43(2)3)107-81(133)58(25-44(4)5)108-83(135)60(27-50-19-21-54(121)22-20-50)106-72(125)38-99-77(129)47(9)103-88(140)67(40-119)115-85(137)64(32-70(95)123)109-82(134)59(26-45(6)7)112-91(143)76(49(11)120)117-87(139)61(105-71(124)34-93)28-51-35-98-56-17-14-13-16-55(51)56/h13-14,16-17,19-22,35-37,41-49,57-68,75-76,98,119-121H,12,15,18,23-34,38-40,93H2,1-11H3,(H2,94,122)(H2,95,123)(H,96,101)(H,97,102)(H,99,129)(H,100,131)(H,103,140)(H,104,132)(H,105,124)(H,106,125)(H,107,133)(H,108,135)(H,109,134)(H,110,138)(H,111,141)(H,112,143)(H,113,142)(H,114,136)(H,115,137)(H,116,130)(H,117,139)(H,127,128)(H,144,145)/t46-,47-,48-,49+,57-,58-,59-,60-,61-,62-,63-,64-,65-,66-,67-,68-,75-,76-/m0/s1. The predicted octanol–water partition coefficient (Wildman–Crippen LogP) is -8.05. The molecule has 0 spiro atoms. The van der Waals surface area contributed by atoms with Crippen molar-refractivity contribution in [3.05, 3.63) is 102 Å². The number of aromatic nitrogens is 5. The Morgan fingerprint density at radius 2 is 0.869 bits per heavy atom. The topological polar surface area (TPSA) is 836 Å². The number of aromatic hydroxyl groups is 1. The number of aromatic amines is 3. The van der Waals surface area contributed by atoms with Gasteiger partial charge < -0.3 is 153 Å². The van der Waals surface area contributed by atoms with Crippen molar-refractivity contribution in [1.29, 1.82) is 0 Å². The van der Waals surface area contributed by atoms with E-state index in [0.717, 1.165) is 22.7 Å². The number of primary amides is 2. The van der Waals surface area contributed by atoms with E-state index < -0.39 is 284 Å². The molecule has 1 aliphatic rings. The number of benzene rings is 2. The van der Waals surface area contributed by atoms with Gasteiger partial charge in [0.2, 0.25) is 118 Å². The number of nitrogens with one attached hydrogen (secondary N) is 20. The van der Waals surface area contributed by atoms with Gasteiger partial charge in [0.25, 0.3) is 0 Å². The number of aliphatic hydroxyl groups excluding tert-OH is 2. The van der Waals surface area contributed by atoms with Crippen LogP contribution in [0, 0.1) is 23.7 Å². The minimum absolute atomic E-state index is 0.0159. The summed E-state index contributed by atoms with van der Waals surface area (Å²) in [5.41, 5.74) is 18.6. The van der Waals surface area contributed by atoms with Gasteiger partial charge in [-0.25, -0.2) is 14.8 Å². The van der Waals surface area contributed by atoms with E-state index in [1.807, 2.05) is 0 Å². The number of likely N-dealkylation sites (tertiary alicyclic amines) is 1. The molecule has 3 aromatic heterocycles. The molecule has 18 atom stereocenters. The SMILES string of the molecule is CC[C@H](C)[C@H](NC(=O)[C@H](C)NC(=O)[C@H](Cc1c[nH]cn1)NC(=O)[C@@H]1CCCN1C(=O)CNC(=O)[C@H](CC(C)C)NC(=O)[C@H](CC(C)C)NC(=O)[C@H](Cc1ccc(O)cc1)NC(=O)CNC(=O)[C@H](C)NC(=O)[C@H](CO)NC(=O)[C@H](CC(N)=O)NC(=O)[C@H](CC(C)C)NC(=O)[C@@H](NC(=O)[C@H](Cc1c[nH]c2ccccc12)NC(=O)CN)[C@@H](C)O)C(=O)N[C@@H](CC(=O)O)C(=O)N[C@@H](CC(N)=O)C(=O)N[C@@H](Cc1c[nH]cn1)C(=O)O. The normalized spacial score (nSPS) is 15.8. The summed E-state index contributed by atoms with van der Waals surface area (Å²) in [6.07, 6.45) is 1.51. The van der Waals surface area contributed by atoms with E-state index in [9.17, 15) is 131 Å². The number of amides is 20. The first-order valence-electron chi connectivity index (χ1n) is 47.1. The first-order chi connectivity index (χ1) is 68.4. The van der Waals surface area contributed by atoms with Gasteiger partial charge in [-0.05, 0) is 106 Å². The summed E-state index contributed by atoms with van der Waals surface area (Å²) in [5, 5.41) is 92.8. The number of rotatable bonds is 60. The monoisotopic (exact) mass is 2030 g/mol. The van der Waals surface area contributed by atoms with E-state index in [-0.39, 0.29) is 106 Å². The van der Waals surface area contributed by atoms with E-state index in [0.29, 0.717) is 11.1 Å². The van der Waals surface area contributed by atoms with Crippen molar-refractivity contribution >= 4 is 141 Å². The minimum atomic E-state index is -2.01. The molecular formula is C92H134N26O27. The molecule has 1 fully saturated rings. The smallest absolute Gasteiger partial charge is 0.326 e. The zero-order valence-electron chi connectivity index (χ0n) is 82.1. The van der Waals surface area contributed by atoms with Crippen LogP contribution in [0.5, 0.6) is 5.75 Å². The molecule has 0 saturated carbocycles. The Labute approximate surface area is 832 Å². The number of phenols is 1. The molecule has 4 heterocycles. The van der Waals surface area contributed by atoms with E-state index in [4.69, 9.17) is 17.2 Å². The fourth-order valence-electron chi connectivity index (χ4n) is 15.3. The average Bonchev–Trinajstić information content (AvgIpc) is 1.69. The molecule has 145 heavy (non-hydrogen) atoms. The number of H-pyrrole nitrogens is 3. The molecule has 0 unspecified atom stereocenters. The second-order valence-corrected chi connectivity index (χ2v) is 36.5. The van der Waals surface area contributed by atoms with E-state index in [1.54, 1.807) is 78.9 Å². The van der Waals surface area contributed by atoms with Gasteiger partial charge in [0.05, 0.1) is 75.7 Å². The first kappa shape index (κ1) is 118. The van der Waals surface area contributed by atoms with Gasteiger partial charge in [0, 0.05) is 61.7 Å². The molecule has 5 aromatic rings. The van der Waals surface area contributed by atoms with Gasteiger partial charge in [-0.3, -0.25) is 101 Å². The van der Waals surface area contributed by atoms with Crippen molar-refractivity contribution in [3.63, 3.8) is 0 Å². The number of hydrogen-bond acceptors (Lipinski definition) is 28. The number of para-hydroxylation sites is 1. The number of aliphatic hydroxyl groups is 2. The predicted molar refractivity (Wildman–Crippen MR) is 513 cm³/mol. The molecule has 53 heteroatoms. The third-order valence-electron chi connectivity index (χ3n) is 23.1. The van der Waals surface area contributed by atoms with Gasteiger partial charge in [-0.1, -0.05) is 92.1 Å². The van der Waals surface area contributed by atoms with Crippen LogP contribution < -0.4 is 108 Å². The summed E-state index contributed by atoms with van der Waals surface area (Å²) in [4.78, 5) is 318. The highest BCUT2D eigenvalue weighted by atomic mass is 16.4. The third-order valence-corrected chi connectivity index (χ3v) is 23.1. The first-order valence-corrected chi connectivity index (χ1v) is 47.1. The van der Waals surface area contributed by atoms with Crippen LogP contribution in [0.2, 0.25) is 0 Å². The van der Waals surface area contributed by atoms with Crippen molar-refractivity contribution in [1.82, 2.24) is 120 Å². The Morgan fingerprint density at radius 1 is 0.441 bits per heavy atom. The molecule has 0 radical (unpaired) electrons. The molecule has 6 rings (SSSR count). The van der Waals surface area contributed by atoms with E-state index in [2.05, 4.69) is 115 Å². The summed E-state index contributed by atoms with van der Waals surface area (Å²) in [7, 11) is 0. The highest BCUT2D eigenvalue weighted by Gasteiger charge is 2.43. The Bertz CT molecular complexity index is 5360. The van der Waals surface area contributed by atoms with Crippen LogP contribution >= 0.6 is 0 Å². The number of carbonyl (C=O) groups is 22. The lowest BCUT2D eigenvalue weighted by Gasteiger charge is -2.29. The van der Waals surface area contributed by atoms with Crippen molar-refractivity contribution in [2.75, 3.05) is 32.8 Å². The van der Waals surface area contributed by atoms with Gasteiger partial charge in [-0.2, -0.15) is 0 Å². The molecule has 0 aliphatic carbocycles. The number of phenolic OH excluding ortho intramolecular Hbond substituents is 1. The van der Waals surface area contributed by atoms with Crippen LogP contribution in [0.15, 0.2) is 79.8 Å². The highest BCUT2D eigenvalue weighted by Crippen LogP contribution is 2.23. The van der Waals surface area contributed by atoms with E-state index >= 15 is 0 Å². The highest BCUT2D eigenvalue weighted by molar-refractivity contribution is 6.03. The largest absolute Gasteiger partial charge is 0.508 e. The molecule has 31 N–H and O–H groups in total.